The second-order valence-corrected chi connectivity index (χ2v) is 3.67. The van der Waals surface area contributed by atoms with Crippen molar-refractivity contribution in [2.45, 2.75) is 37.9 Å². The van der Waals surface area contributed by atoms with E-state index < -0.39 is 12.1 Å². The molecule has 1 heterocycles. The molecule has 1 saturated heterocycles. The summed E-state index contributed by atoms with van der Waals surface area (Å²) in [6.07, 6.45) is 4.45. The van der Waals surface area contributed by atoms with Crippen LogP contribution in [0.15, 0.2) is 12.7 Å². The van der Waals surface area contributed by atoms with Crippen molar-refractivity contribution in [2.75, 3.05) is 13.2 Å². The summed E-state index contributed by atoms with van der Waals surface area (Å²) >= 11 is 0. The molecule has 2 atom stereocenters. The molecule has 0 aromatic heterocycles. The van der Waals surface area contributed by atoms with Gasteiger partial charge in [-0.1, -0.05) is 6.08 Å². The molecular weight excluding hydrogens is 196 g/mol. The van der Waals surface area contributed by atoms with E-state index in [1.165, 1.54) is 0 Å². The summed E-state index contributed by atoms with van der Waals surface area (Å²) in [7, 11) is 0. The van der Waals surface area contributed by atoms with Gasteiger partial charge >= 0.3 is 5.97 Å². The molecule has 1 fully saturated rings. The predicted octanol–water partition coefficient (Wildman–Crippen LogP) is 1.60. The van der Waals surface area contributed by atoms with E-state index in [1.807, 2.05) is 6.08 Å². The van der Waals surface area contributed by atoms with Crippen molar-refractivity contribution < 1.29 is 19.4 Å². The van der Waals surface area contributed by atoms with Gasteiger partial charge < -0.3 is 14.6 Å². The summed E-state index contributed by atoms with van der Waals surface area (Å²) < 4.78 is 10.7. The summed E-state index contributed by atoms with van der Waals surface area (Å²) in [5.41, 5.74) is 0. The lowest BCUT2D eigenvalue weighted by molar-refractivity contribution is -0.150. The molecule has 86 valence electrons. The third-order valence-electron chi connectivity index (χ3n) is 2.38. The SMILES string of the molecule is C=CCCCOCC1CCC(C(=O)O)O1. The average Bonchev–Trinajstić information content (AvgIpc) is 2.66. The minimum atomic E-state index is -0.871. The Hall–Kier alpha value is -0.870. The summed E-state index contributed by atoms with van der Waals surface area (Å²) in [6, 6.07) is 0. The number of allylic oxidation sites excluding steroid dienone is 1. The molecule has 0 spiro atoms. The van der Waals surface area contributed by atoms with E-state index in [4.69, 9.17) is 14.6 Å². The molecule has 1 N–H and O–H groups in total. The Morgan fingerprint density at radius 1 is 1.60 bits per heavy atom. The van der Waals surface area contributed by atoms with Crippen LogP contribution in [0.2, 0.25) is 0 Å². The van der Waals surface area contributed by atoms with Gasteiger partial charge in [-0.2, -0.15) is 0 Å². The van der Waals surface area contributed by atoms with E-state index in [2.05, 4.69) is 6.58 Å². The quantitative estimate of drug-likeness (QED) is 0.516. The van der Waals surface area contributed by atoms with Gasteiger partial charge in [-0.3, -0.25) is 0 Å². The van der Waals surface area contributed by atoms with Crippen LogP contribution in [0.4, 0.5) is 0 Å². The number of aliphatic carboxylic acids is 1. The van der Waals surface area contributed by atoms with Gasteiger partial charge in [-0.15, -0.1) is 6.58 Å². The standard InChI is InChI=1S/C11H18O4/c1-2-3-4-7-14-8-9-5-6-10(15-9)11(12)13/h2,9-10H,1,3-8H2,(H,12,13). The maximum absolute atomic E-state index is 10.6. The highest BCUT2D eigenvalue weighted by atomic mass is 16.6. The number of carboxylic acid groups (broad SMARTS) is 1. The minimum Gasteiger partial charge on any atom is -0.479 e. The van der Waals surface area contributed by atoms with Crippen LogP contribution in [-0.2, 0) is 14.3 Å². The lowest BCUT2D eigenvalue weighted by atomic mass is 10.2. The molecule has 0 aromatic carbocycles. The molecular formula is C11H18O4. The zero-order valence-electron chi connectivity index (χ0n) is 8.85. The smallest absolute Gasteiger partial charge is 0.332 e. The highest BCUT2D eigenvalue weighted by molar-refractivity contribution is 5.72. The summed E-state index contributed by atoms with van der Waals surface area (Å²) in [4.78, 5) is 10.6. The van der Waals surface area contributed by atoms with Crippen molar-refractivity contribution in [2.24, 2.45) is 0 Å². The number of rotatable bonds is 7. The Morgan fingerprint density at radius 3 is 3.00 bits per heavy atom. The number of ether oxygens (including phenoxy) is 2. The Bertz CT molecular complexity index is 215. The lowest BCUT2D eigenvalue weighted by Crippen LogP contribution is -2.22. The van der Waals surface area contributed by atoms with Crippen LogP contribution in [0.25, 0.3) is 0 Å². The molecule has 4 nitrogen and oxygen atoms in total. The zero-order chi connectivity index (χ0) is 11.1. The normalized spacial score (nSPS) is 25.3. The topological polar surface area (TPSA) is 55.8 Å². The molecule has 2 unspecified atom stereocenters. The van der Waals surface area contributed by atoms with Gasteiger partial charge in [0, 0.05) is 6.61 Å². The van der Waals surface area contributed by atoms with Gasteiger partial charge in [0.15, 0.2) is 6.10 Å². The van der Waals surface area contributed by atoms with Crippen LogP contribution in [0.5, 0.6) is 0 Å². The number of hydrogen-bond acceptors (Lipinski definition) is 3. The highest BCUT2D eigenvalue weighted by Gasteiger charge is 2.30. The van der Waals surface area contributed by atoms with Gasteiger partial charge in [0.25, 0.3) is 0 Å². The first-order chi connectivity index (χ1) is 7.24. The van der Waals surface area contributed by atoms with Crippen LogP contribution < -0.4 is 0 Å². The Morgan fingerprint density at radius 2 is 2.40 bits per heavy atom. The molecule has 0 radical (unpaired) electrons. The van der Waals surface area contributed by atoms with Crippen LogP contribution in [0.3, 0.4) is 0 Å². The number of carbonyl (C=O) groups is 1. The highest BCUT2D eigenvalue weighted by Crippen LogP contribution is 2.19. The van der Waals surface area contributed by atoms with Crippen LogP contribution >= 0.6 is 0 Å². The Labute approximate surface area is 89.9 Å². The van der Waals surface area contributed by atoms with Gasteiger partial charge in [0.2, 0.25) is 0 Å². The number of carboxylic acids is 1. The molecule has 0 bridgehead atoms. The molecule has 0 saturated carbocycles. The van der Waals surface area contributed by atoms with E-state index in [1.54, 1.807) is 0 Å². The van der Waals surface area contributed by atoms with E-state index >= 15 is 0 Å². The maximum atomic E-state index is 10.6. The van der Waals surface area contributed by atoms with Crippen LogP contribution in [0, 0.1) is 0 Å². The Balaban J connectivity index is 2.03. The third-order valence-corrected chi connectivity index (χ3v) is 2.38. The van der Waals surface area contributed by atoms with Crippen molar-refractivity contribution >= 4 is 5.97 Å². The van der Waals surface area contributed by atoms with Gasteiger partial charge in [-0.25, -0.2) is 4.79 Å². The van der Waals surface area contributed by atoms with Gasteiger partial charge in [-0.05, 0) is 25.7 Å². The monoisotopic (exact) mass is 214 g/mol. The molecule has 0 amide bonds. The predicted molar refractivity (Wildman–Crippen MR) is 55.8 cm³/mol. The molecule has 1 aliphatic rings. The van der Waals surface area contributed by atoms with Crippen molar-refractivity contribution in [3.63, 3.8) is 0 Å². The largest absolute Gasteiger partial charge is 0.479 e. The second kappa shape index (κ2) is 6.58. The average molecular weight is 214 g/mol. The van der Waals surface area contributed by atoms with E-state index in [0.29, 0.717) is 19.6 Å². The zero-order valence-corrected chi connectivity index (χ0v) is 8.85. The minimum absolute atomic E-state index is 0.0465. The fourth-order valence-corrected chi connectivity index (χ4v) is 1.55. The maximum Gasteiger partial charge on any atom is 0.332 e. The van der Waals surface area contributed by atoms with Crippen molar-refractivity contribution in [1.29, 1.82) is 0 Å². The molecule has 4 heteroatoms. The molecule has 0 aliphatic carbocycles. The van der Waals surface area contributed by atoms with E-state index in [9.17, 15) is 4.79 Å². The number of unbranched alkanes of at least 4 members (excludes halogenated alkanes) is 1. The first kappa shape index (κ1) is 12.2. The molecule has 1 aliphatic heterocycles. The van der Waals surface area contributed by atoms with Crippen molar-refractivity contribution in [1.82, 2.24) is 0 Å². The summed E-state index contributed by atoms with van der Waals surface area (Å²) in [5.74, 6) is -0.871. The fourth-order valence-electron chi connectivity index (χ4n) is 1.55. The van der Waals surface area contributed by atoms with Crippen molar-refractivity contribution in [3.8, 4) is 0 Å². The van der Waals surface area contributed by atoms with Crippen molar-refractivity contribution in [3.05, 3.63) is 12.7 Å². The second-order valence-electron chi connectivity index (χ2n) is 3.67. The molecule has 1 rings (SSSR count). The lowest BCUT2D eigenvalue weighted by Gasteiger charge is -2.11. The molecule has 15 heavy (non-hydrogen) atoms. The Kier molecular flexibility index (Phi) is 5.36. The van der Waals surface area contributed by atoms with Gasteiger partial charge in [0.05, 0.1) is 12.7 Å². The van der Waals surface area contributed by atoms with E-state index in [0.717, 1.165) is 19.3 Å². The first-order valence-corrected chi connectivity index (χ1v) is 5.31. The summed E-state index contributed by atoms with van der Waals surface area (Å²) in [5, 5.41) is 8.70. The van der Waals surface area contributed by atoms with Gasteiger partial charge in [0.1, 0.15) is 0 Å². The third kappa shape index (κ3) is 4.44. The summed E-state index contributed by atoms with van der Waals surface area (Å²) in [6.45, 7) is 4.80. The van der Waals surface area contributed by atoms with E-state index in [-0.39, 0.29) is 6.10 Å². The number of hydrogen-bond donors (Lipinski definition) is 1. The first-order valence-electron chi connectivity index (χ1n) is 5.31. The van der Waals surface area contributed by atoms with Crippen LogP contribution in [0.1, 0.15) is 25.7 Å². The fraction of sp³-hybridized carbons (Fsp3) is 0.727. The van der Waals surface area contributed by atoms with Crippen LogP contribution in [-0.4, -0.2) is 36.5 Å². The molecule has 0 aromatic rings.